The minimum absolute atomic E-state index is 0.0321. The highest BCUT2D eigenvalue weighted by Gasteiger charge is 2.47. The molecule has 0 saturated carbocycles. The molecular formula is C22H23NO4. The predicted octanol–water partition coefficient (Wildman–Crippen LogP) is 4.26. The van der Waals surface area contributed by atoms with Gasteiger partial charge in [-0.3, -0.25) is 4.90 Å². The first-order valence-corrected chi connectivity index (χ1v) is 9.27. The Balaban J connectivity index is 1.57. The number of aliphatic carboxylic acids is 1. The van der Waals surface area contributed by atoms with Crippen LogP contribution in [0.4, 0.5) is 4.79 Å². The summed E-state index contributed by atoms with van der Waals surface area (Å²) < 4.78 is 5.66. The number of hydrogen-bond acceptors (Lipinski definition) is 3. The molecule has 1 amide bonds. The lowest BCUT2D eigenvalue weighted by molar-refractivity contribution is -0.142. The van der Waals surface area contributed by atoms with Crippen molar-refractivity contribution >= 4 is 12.1 Å². The van der Waals surface area contributed by atoms with E-state index in [2.05, 4.69) is 24.3 Å². The van der Waals surface area contributed by atoms with Crippen LogP contribution in [0.3, 0.4) is 0 Å². The molecule has 1 aliphatic heterocycles. The molecule has 2 aliphatic rings. The molecule has 0 spiro atoms. The fraction of sp³-hybridized carbons (Fsp3) is 0.364. The molecule has 2 aromatic carbocycles. The lowest BCUT2D eigenvalue weighted by Crippen LogP contribution is -2.50. The van der Waals surface area contributed by atoms with Crippen LogP contribution in [0, 0.1) is 0 Å². The summed E-state index contributed by atoms with van der Waals surface area (Å²) in [5.41, 5.74) is 4.09. The van der Waals surface area contributed by atoms with Crippen molar-refractivity contribution in [2.45, 2.75) is 44.2 Å². The standard InChI is InChI=1S/C22H23NO4/c1-22(2)12-11-19(20(24)25)23(22)21(26)27-13-18-16-9-5-3-7-14(16)15-8-4-6-10-17(15)18/h3-10,18-19H,11-13H2,1-2H3,(H,24,25). The van der Waals surface area contributed by atoms with E-state index in [9.17, 15) is 14.7 Å². The summed E-state index contributed by atoms with van der Waals surface area (Å²) in [4.78, 5) is 25.7. The van der Waals surface area contributed by atoms with Gasteiger partial charge >= 0.3 is 12.1 Å². The van der Waals surface area contributed by atoms with Crippen LogP contribution in [0.25, 0.3) is 11.1 Å². The van der Waals surface area contributed by atoms with Gasteiger partial charge in [0, 0.05) is 11.5 Å². The smallest absolute Gasteiger partial charge is 0.410 e. The van der Waals surface area contributed by atoms with Gasteiger partial charge in [0.25, 0.3) is 0 Å². The summed E-state index contributed by atoms with van der Waals surface area (Å²) in [5.74, 6) is -1.01. The number of hydrogen-bond donors (Lipinski definition) is 1. The van der Waals surface area contributed by atoms with Crippen molar-refractivity contribution in [2.75, 3.05) is 6.61 Å². The Labute approximate surface area is 158 Å². The van der Waals surface area contributed by atoms with Crippen LogP contribution in [-0.4, -0.2) is 40.3 Å². The second-order valence-corrected chi connectivity index (χ2v) is 7.88. The predicted molar refractivity (Wildman–Crippen MR) is 102 cm³/mol. The fourth-order valence-corrected chi connectivity index (χ4v) is 4.43. The number of likely N-dealkylation sites (tertiary alicyclic amines) is 1. The van der Waals surface area contributed by atoms with Gasteiger partial charge in [-0.15, -0.1) is 0 Å². The van der Waals surface area contributed by atoms with E-state index in [-0.39, 0.29) is 12.5 Å². The molecule has 1 unspecified atom stereocenters. The largest absolute Gasteiger partial charge is 0.480 e. The number of carbonyl (C=O) groups excluding carboxylic acids is 1. The van der Waals surface area contributed by atoms with E-state index in [4.69, 9.17) is 4.74 Å². The molecule has 2 aromatic rings. The van der Waals surface area contributed by atoms with Crippen molar-refractivity contribution in [3.05, 3.63) is 59.7 Å². The summed E-state index contributed by atoms with van der Waals surface area (Å²) in [5, 5.41) is 9.46. The van der Waals surface area contributed by atoms with E-state index in [0.717, 1.165) is 11.1 Å². The minimum atomic E-state index is -0.978. The van der Waals surface area contributed by atoms with Crippen LogP contribution >= 0.6 is 0 Å². The topological polar surface area (TPSA) is 66.8 Å². The molecule has 4 rings (SSSR count). The molecule has 0 radical (unpaired) electrons. The van der Waals surface area contributed by atoms with Gasteiger partial charge in [-0.2, -0.15) is 0 Å². The van der Waals surface area contributed by atoms with E-state index in [1.807, 2.05) is 38.1 Å². The Morgan fingerprint density at radius 2 is 1.63 bits per heavy atom. The molecule has 0 aromatic heterocycles. The summed E-state index contributed by atoms with van der Waals surface area (Å²) in [6.07, 6.45) is 0.549. The van der Waals surface area contributed by atoms with Gasteiger partial charge in [0.2, 0.25) is 0 Å². The average molecular weight is 365 g/mol. The minimum Gasteiger partial charge on any atom is -0.480 e. The highest BCUT2D eigenvalue weighted by molar-refractivity contribution is 5.82. The van der Waals surface area contributed by atoms with Gasteiger partial charge < -0.3 is 9.84 Å². The van der Waals surface area contributed by atoms with Crippen molar-refractivity contribution in [1.29, 1.82) is 0 Å². The summed E-state index contributed by atoms with van der Waals surface area (Å²) in [6, 6.07) is 15.5. The third kappa shape index (κ3) is 2.87. The summed E-state index contributed by atoms with van der Waals surface area (Å²) >= 11 is 0. The second-order valence-electron chi connectivity index (χ2n) is 7.88. The van der Waals surface area contributed by atoms with Gasteiger partial charge in [0.1, 0.15) is 12.6 Å². The maximum absolute atomic E-state index is 12.8. The first-order valence-electron chi connectivity index (χ1n) is 9.27. The fourth-order valence-electron chi connectivity index (χ4n) is 4.43. The van der Waals surface area contributed by atoms with Crippen LogP contribution < -0.4 is 0 Å². The normalized spacial score (nSPS) is 20.2. The van der Waals surface area contributed by atoms with E-state index < -0.39 is 23.6 Å². The van der Waals surface area contributed by atoms with Gasteiger partial charge in [-0.05, 0) is 48.9 Å². The Morgan fingerprint density at radius 3 is 2.19 bits per heavy atom. The molecule has 27 heavy (non-hydrogen) atoms. The first-order chi connectivity index (χ1) is 12.9. The summed E-state index contributed by atoms with van der Waals surface area (Å²) in [7, 11) is 0. The first kappa shape index (κ1) is 17.6. The van der Waals surface area contributed by atoms with E-state index >= 15 is 0 Å². The van der Waals surface area contributed by atoms with Crippen LogP contribution in [0.15, 0.2) is 48.5 Å². The van der Waals surface area contributed by atoms with Crippen molar-refractivity contribution in [3.8, 4) is 11.1 Å². The number of rotatable bonds is 3. The van der Waals surface area contributed by atoms with Crippen molar-refractivity contribution < 1.29 is 19.4 Å². The Bertz CT molecular complexity index is 859. The second kappa shape index (κ2) is 6.41. The van der Waals surface area contributed by atoms with Gasteiger partial charge in [-0.25, -0.2) is 9.59 Å². The van der Waals surface area contributed by atoms with Crippen molar-refractivity contribution in [2.24, 2.45) is 0 Å². The number of fused-ring (bicyclic) bond motifs is 3. The SMILES string of the molecule is CC1(C)CCC(C(=O)O)N1C(=O)OCC1c2ccccc2-c2ccccc21. The lowest BCUT2D eigenvalue weighted by Gasteiger charge is -2.33. The highest BCUT2D eigenvalue weighted by Crippen LogP contribution is 2.44. The van der Waals surface area contributed by atoms with Gasteiger partial charge in [0.15, 0.2) is 0 Å². The van der Waals surface area contributed by atoms with Gasteiger partial charge in [-0.1, -0.05) is 48.5 Å². The third-order valence-corrected chi connectivity index (χ3v) is 5.81. The van der Waals surface area contributed by atoms with E-state index in [1.54, 1.807) is 0 Å². The number of benzene rings is 2. The summed E-state index contributed by atoms with van der Waals surface area (Å²) in [6.45, 7) is 3.97. The van der Waals surface area contributed by atoms with Gasteiger partial charge in [0.05, 0.1) is 0 Å². The number of carboxylic acids is 1. The number of ether oxygens (including phenoxy) is 1. The van der Waals surface area contributed by atoms with Crippen molar-refractivity contribution in [3.63, 3.8) is 0 Å². The molecule has 0 bridgehead atoms. The van der Waals surface area contributed by atoms with Crippen LogP contribution in [0.5, 0.6) is 0 Å². The molecule has 1 saturated heterocycles. The molecule has 1 heterocycles. The number of amides is 1. The molecule has 1 fully saturated rings. The molecule has 1 N–H and O–H groups in total. The zero-order valence-electron chi connectivity index (χ0n) is 15.5. The zero-order valence-corrected chi connectivity index (χ0v) is 15.5. The van der Waals surface area contributed by atoms with Crippen LogP contribution in [0.2, 0.25) is 0 Å². The molecule has 5 nitrogen and oxygen atoms in total. The number of carboxylic acid groups (broad SMARTS) is 1. The monoisotopic (exact) mass is 365 g/mol. The molecule has 5 heteroatoms. The zero-order chi connectivity index (χ0) is 19.2. The maximum atomic E-state index is 12.8. The number of carbonyl (C=O) groups is 2. The molecule has 140 valence electrons. The van der Waals surface area contributed by atoms with E-state index in [0.29, 0.717) is 12.8 Å². The average Bonchev–Trinajstić information content (AvgIpc) is 3.14. The maximum Gasteiger partial charge on any atom is 0.410 e. The van der Waals surface area contributed by atoms with E-state index in [1.165, 1.54) is 16.0 Å². The van der Waals surface area contributed by atoms with Crippen LogP contribution in [0.1, 0.15) is 43.7 Å². The highest BCUT2D eigenvalue weighted by atomic mass is 16.6. The Hall–Kier alpha value is -2.82. The lowest BCUT2D eigenvalue weighted by atomic mass is 9.98. The molecule has 1 atom stereocenters. The molecular weight excluding hydrogens is 342 g/mol. The number of nitrogens with zero attached hydrogens (tertiary/aromatic N) is 1. The van der Waals surface area contributed by atoms with Crippen LogP contribution in [-0.2, 0) is 9.53 Å². The Morgan fingerprint density at radius 1 is 1.07 bits per heavy atom. The Kier molecular flexibility index (Phi) is 4.17. The quantitative estimate of drug-likeness (QED) is 0.882. The third-order valence-electron chi connectivity index (χ3n) is 5.81. The molecule has 1 aliphatic carbocycles. The van der Waals surface area contributed by atoms with Crippen molar-refractivity contribution in [1.82, 2.24) is 4.90 Å².